The molecule has 3 rings (SSSR count). The van der Waals surface area contributed by atoms with Crippen LogP contribution in [0.3, 0.4) is 0 Å². The molecule has 0 radical (unpaired) electrons. The summed E-state index contributed by atoms with van der Waals surface area (Å²) in [5.41, 5.74) is 0.415. The lowest BCUT2D eigenvalue weighted by atomic mass is 9.76. The van der Waals surface area contributed by atoms with Crippen LogP contribution in [0.4, 0.5) is 0 Å². The van der Waals surface area contributed by atoms with Crippen molar-refractivity contribution in [3.63, 3.8) is 0 Å². The van der Waals surface area contributed by atoms with Gasteiger partial charge in [-0.05, 0) is 25.8 Å². The van der Waals surface area contributed by atoms with Gasteiger partial charge in [0.1, 0.15) is 5.76 Å². The van der Waals surface area contributed by atoms with Crippen molar-refractivity contribution in [2.45, 2.75) is 31.6 Å². The van der Waals surface area contributed by atoms with Crippen LogP contribution in [0.15, 0.2) is 10.6 Å². The molecule has 0 spiro atoms. The molecular formula is C17H23N3O3. The van der Waals surface area contributed by atoms with Gasteiger partial charge in [-0.15, -0.1) is 6.42 Å². The SMILES string of the molecule is C#CCNC(=O)[C@@]1(Cc2cc([C@@H]3CCOC3)no2)CCCNC1. The lowest BCUT2D eigenvalue weighted by Crippen LogP contribution is -2.51. The Balaban J connectivity index is 1.73. The first kappa shape index (κ1) is 16.0. The summed E-state index contributed by atoms with van der Waals surface area (Å²) >= 11 is 0. The highest BCUT2D eigenvalue weighted by Gasteiger charge is 2.40. The zero-order chi connectivity index (χ0) is 16.1. The van der Waals surface area contributed by atoms with E-state index in [1.165, 1.54) is 0 Å². The molecular weight excluding hydrogens is 294 g/mol. The molecule has 2 atom stereocenters. The molecule has 1 aromatic rings. The van der Waals surface area contributed by atoms with Gasteiger partial charge >= 0.3 is 0 Å². The standard InChI is InChI=1S/C17H23N3O3/c1-2-6-19-16(21)17(5-3-7-18-12-17)10-14-9-15(20-23-14)13-4-8-22-11-13/h1,9,13,18H,3-8,10-12H2,(H,19,21)/t13-,17-/m1/s1. The first-order chi connectivity index (χ1) is 11.2. The highest BCUT2D eigenvalue weighted by molar-refractivity contribution is 5.83. The Morgan fingerprint density at radius 2 is 2.52 bits per heavy atom. The molecule has 0 bridgehead atoms. The van der Waals surface area contributed by atoms with Crippen LogP contribution in [0.1, 0.15) is 36.6 Å². The minimum atomic E-state index is -0.516. The second-order valence-corrected chi connectivity index (χ2v) is 6.40. The van der Waals surface area contributed by atoms with Crippen LogP contribution in [0.5, 0.6) is 0 Å². The molecule has 124 valence electrons. The Labute approximate surface area is 136 Å². The summed E-state index contributed by atoms with van der Waals surface area (Å²) in [5, 5.41) is 10.3. The normalized spacial score (nSPS) is 27.5. The summed E-state index contributed by atoms with van der Waals surface area (Å²) < 4.78 is 10.9. The fraction of sp³-hybridized carbons (Fsp3) is 0.647. The maximum Gasteiger partial charge on any atom is 0.228 e. The number of piperidine rings is 1. The molecule has 0 aromatic carbocycles. The molecule has 1 aromatic heterocycles. The van der Waals surface area contributed by atoms with Crippen LogP contribution in [-0.2, 0) is 16.0 Å². The van der Waals surface area contributed by atoms with E-state index in [1.54, 1.807) is 0 Å². The Morgan fingerprint density at radius 1 is 1.61 bits per heavy atom. The second-order valence-electron chi connectivity index (χ2n) is 6.40. The van der Waals surface area contributed by atoms with Gasteiger partial charge in [0.25, 0.3) is 0 Å². The Kier molecular flexibility index (Phi) is 4.99. The predicted octanol–water partition coefficient (Wildman–Crippen LogP) is 0.840. The number of terminal acetylenes is 1. The summed E-state index contributed by atoms with van der Waals surface area (Å²) in [7, 11) is 0. The fourth-order valence-electron chi connectivity index (χ4n) is 3.42. The van der Waals surface area contributed by atoms with E-state index in [1.807, 2.05) is 6.07 Å². The molecule has 0 unspecified atom stereocenters. The van der Waals surface area contributed by atoms with E-state index in [9.17, 15) is 4.79 Å². The van der Waals surface area contributed by atoms with Crippen LogP contribution in [-0.4, -0.2) is 43.9 Å². The van der Waals surface area contributed by atoms with Gasteiger partial charge in [-0.25, -0.2) is 0 Å². The molecule has 2 aliphatic heterocycles. The minimum absolute atomic E-state index is 0.00944. The maximum atomic E-state index is 12.6. The molecule has 2 fully saturated rings. The Bertz CT molecular complexity index is 578. The molecule has 0 aliphatic carbocycles. The van der Waals surface area contributed by atoms with Crippen molar-refractivity contribution in [2.24, 2.45) is 5.41 Å². The van der Waals surface area contributed by atoms with Gasteiger partial charge in [0.05, 0.1) is 24.3 Å². The topological polar surface area (TPSA) is 76.4 Å². The van der Waals surface area contributed by atoms with Crippen LogP contribution in [0.25, 0.3) is 0 Å². The third-order valence-corrected chi connectivity index (χ3v) is 4.74. The molecule has 2 saturated heterocycles. The van der Waals surface area contributed by atoms with E-state index in [0.717, 1.165) is 43.9 Å². The zero-order valence-electron chi connectivity index (χ0n) is 13.3. The van der Waals surface area contributed by atoms with E-state index in [-0.39, 0.29) is 12.5 Å². The number of nitrogens with one attached hydrogen (secondary N) is 2. The van der Waals surface area contributed by atoms with Gasteiger partial charge in [0.2, 0.25) is 5.91 Å². The van der Waals surface area contributed by atoms with Crippen molar-refractivity contribution in [1.82, 2.24) is 15.8 Å². The summed E-state index contributed by atoms with van der Waals surface area (Å²) in [5.74, 6) is 3.51. The molecule has 0 saturated carbocycles. The van der Waals surface area contributed by atoms with Gasteiger partial charge in [-0.3, -0.25) is 4.79 Å². The first-order valence-corrected chi connectivity index (χ1v) is 8.19. The second kappa shape index (κ2) is 7.16. The van der Waals surface area contributed by atoms with Gasteiger partial charge in [0, 0.05) is 31.6 Å². The van der Waals surface area contributed by atoms with Crippen molar-refractivity contribution in [3.8, 4) is 12.3 Å². The average Bonchev–Trinajstić information content (AvgIpc) is 3.24. The highest BCUT2D eigenvalue weighted by Crippen LogP contribution is 2.33. The van der Waals surface area contributed by atoms with Crippen LogP contribution in [0.2, 0.25) is 0 Å². The summed E-state index contributed by atoms with van der Waals surface area (Å²) in [6.07, 6.45) is 8.54. The number of nitrogens with zero attached hydrogens (tertiary/aromatic N) is 1. The van der Waals surface area contributed by atoms with E-state index < -0.39 is 5.41 Å². The van der Waals surface area contributed by atoms with Crippen LogP contribution < -0.4 is 10.6 Å². The number of ether oxygens (including phenoxy) is 1. The monoisotopic (exact) mass is 317 g/mol. The number of carbonyl (C=O) groups excluding carboxylic acids is 1. The summed E-state index contributed by atoms with van der Waals surface area (Å²) in [6.45, 7) is 3.29. The van der Waals surface area contributed by atoms with E-state index in [0.29, 0.717) is 25.5 Å². The van der Waals surface area contributed by atoms with Crippen molar-refractivity contribution in [2.75, 3.05) is 32.8 Å². The van der Waals surface area contributed by atoms with Crippen LogP contribution in [0, 0.1) is 17.8 Å². The van der Waals surface area contributed by atoms with Crippen molar-refractivity contribution < 1.29 is 14.1 Å². The fourth-order valence-corrected chi connectivity index (χ4v) is 3.42. The predicted molar refractivity (Wildman–Crippen MR) is 84.8 cm³/mol. The number of carbonyl (C=O) groups is 1. The molecule has 2 aliphatic rings. The third kappa shape index (κ3) is 3.57. The Hall–Kier alpha value is -1.84. The lowest BCUT2D eigenvalue weighted by Gasteiger charge is -2.35. The van der Waals surface area contributed by atoms with Gasteiger partial charge in [0.15, 0.2) is 0 Å². The number of hydrogen-bond donors (Lipinski definition) is 2. The molecule has 1 amide bonds. The van der Waals surface area contributed by atoms with E-state index >= 15 is 0 Å². The van der Waals surface area contributed by atoms with Gasteiger partial charge in [-0.2, -0.15) is 0 Å². The van der Waals surface area contributed by atoms with Crippen molar-refractivity contribution >= 4 is 5.91 Å². The third-order valence-electron chi connectivity index (χ3n) is 4.74. The number of aromatic nitrogens is 1. The molecule has 3 heterocycles. The Morgan fingerprint density at radius 3 is 3.22 bits per heavy atom. The number of hydrogen-bond acceptors (Lipinski definition) is 5. The van der Waals surface area contributed by atoms with Gasteiger partial charge in [-0.1, -0.05) is 11.1 Å². The zero-order valence-corrected chi connectivity index (χ0v) is 13.3. The lowest BCUT2D eigenvalue weighted by molar-refractivity contribution is -0.132. The van der Waals surface area contributed by atoms with Crippen molar-refractivity contribution in [3.05, 3.63) is 17.5 Å². The summed E-state index contributed by atoms with van der Waals surface area (Å²) in [4.78, 5) is 12.6. The van der Waals surface area contributed by atoms with Gasteiger partial charge < -0.3 is 19.9 Å². The smallest absolute Gasteiger partial charge is 0.228 e. The first-order valence-electron chi connectivity index (χ1n) is 8.19. The number of amides is 1. The molecule has 6 heteroatoms. The summed E-state index contributed by atoms with van der Waals surface area (Å²) in [6, 6.07) is 1.98. The highest BCUT2D eigenvalue weighted by atomic mass is 16.5. The average molecular weight is 317 g/mol. The molecule has 6 nitrogen and oxygen atoms in total. The maximum absolute atomic E-state index is 12.6. The van der Waals surface area contributed by atoms with E-state index in [4.69, 9.17) is 15.7 Å². The molecule has 2 N–H and O–H groups in total. The molecule has 23 heavy (non-hydrogen) atoms. The minimum Gasteiger partial charge on any atom is -0.381 e. The van der Waals surface area contributed by atoms with Crippen molar-refractivity contribution in [1.29, 1.82) is 0 Å². The quantitative estimate of drug-likeness (QED) is 0.787. The van der Waals surface area contributed by atoms with E-state index in [2.05, 4.69) is 21.7 Å². The largest absolute Gasteiger partial charge is 0.381 e. The van der Waals surface area contributed by atoms with Crippen LogP contribution >= 0.6 is 0 Å². The number of rotatable bonds is 5.